The number of hydrogen-bond acceptors (Lipinski definition) is 3. The summed E-state index contributed by atoms with van der Waals surface area (Å²) in [5, 5.41) is 0. The predicted molar refractivity (Wildman–Crippen MR) is 56.2 cm³/mol. The van der Waals surface area contributed by atoms with Crippen molar-refractivity contribution in [2.75, 3.05) is 20.2 Å². The summed E-state index contributed by atoms with van der Waals surface area (Å²) in [4.78, 5) is 13.1. The molecule has 3 nitrogen and oxygen atoms in total. The summed E-state index contributed by atoms with van der Waals surface area (Å²) in [6.45, 7) is 1.47. The monoisotopic (exact) mass is 203 g/mol. The molecule has 0 spiro atoms. The zero-order chi connectivity index (χ0) is 10.7. The van der Waals surface area contributed by atoms with Gasteiger partial charge in [-0.2, -0.15) is 0 Å². The van der Waals surface area contributed by atoms with Gasteiger partial charge in [0.2, 0.25) is 0 Å². The molecule has 2 rings (SSSR count). The van der Waals surface area contributed by atoms with Crippen LogP contribution in [0.1, 0.15) is 5.56 Å². The van der Waals surface area contributed by atoms with Crippen LogP contribution in [-0.4, -0.2) is 37.1 Å². The number of nitrogens with zero attached hydrogens (tertiary/aromatic N) is 1. The fraction of sp³-hybridized carbons (Fsp3) is 0.333. The Morgan fingerprint density at radius 1 is 1.53 bits per heavy atom. The van der Waals surface area contributed by atoms with Crippen LogP contribution >= 0.6 is 0 Å². The van der Waals surface area contributed by atoms with E-state index in [0.29, 0.717) is 6.54 Å². The van der Waals surface area contributed by atoms with Gasteiger partial charge in [-0.3, -0.25) is 9.69 Å². The highest BCUT2D eigenvalue weighted by Crippen LogP contribution is 2.19. The van der Waals surface area contributed by atoms with Crippen LogP contribution < -0.4 is 0 Å². The van der Waals surface area contributed by atoms with Gasteiger partial charge < -0.3 is 4.74 Å². The molecule has 0 aliphatic carbocycles. The van der Waals surface area contributed by atoms with Gasteiger partial charge in [0.05, 0.1) is 7.11 Å². The van der Waals surface area contributed by atoms with E-state index in [1.54, 1.807) is 0 Å². The fourth-order valence-corrected chi connectivity index (χ4v) is 1.46. The summed E-state index contributed by atoms with van der Waals surface area (Å²) in [6, 6.07) is 9.86. The van der Waals surface area contributed by atoms with Gasteiger partial charge in [0, 0.05) is 19.5 Å². The molecular weight excluding hydrogens is 190 g/mol. The Bertz CT molecular complexity index is 337. The van der Waals surface area contributed by atoms with Gasteiger partial charge in [-0.25, -0.2) is 0 Å². The number of carbonyl (C=O) groups excluding carboxylic acids is 1. The van der Waals surface area contributed by atoms with E-state index in [9.17, 15) is 4.79 Å². The van der Waals surface area contributed by atoms with Crippen molar-refractivity contribution in [1.29, 1.82) is 0 Å². The average molecular weight is 203 g/mol. The molecule has 1 aromatic carbocycles. The van der Waals surface area contributed by atoms with Crippen molar-refractivity contribution in [3.63, 3.8) is 0 Å². The maximum absolute atomic E-state index is 11.1. The molecule has 0 saturated carbocycles. The fourth-order valence-electron chi connectivity index (χ4n) is 1.46. The van der Waals surface area contributed by atoms with E-state index in [0.717, 1.165) is 12.1 Å². The Morgan fingerprint density at radius 3 is 2.93 bits per heavy atom. The molecule has 0 N–H and O–H groups in total. The van der Waals surface area contributed by atoms with Crippen LogP contribution in [0.15, 0.2) is 30.3 Å². The molecule has 1 fully saturated rings. The standard InChI is InChI=1S/C12H13NO2/c1-15-12(14)11-9-13(11)8-7-10-5-3-2-4-6-10/h2-6,11H,8-9H2,1H3. The Kier molecular flexibility index (Phi) is 3.02. The predicted octanol–water partition coefficient (Wildman–Crippen LogP) is 0.973. The Balaban J connectivity index is 1.75. The topological polar surface area (TPSA) is 29.3 Å². The van der Waals surface area contributed by atoms with Gasteiger partial charge in [0.25, 0.3) is 0 Å². The first-order valence-corrected chi connectivity index (χ1v) is 4.92. The molecule has 78 valence electrons. The van der Waals surface area contributed by atoms with Crippen molar-refractivity contribution < 1.29 is 9.53 Å². The lowest BCUT2D eigenvalue weighted by Gasteiger charge is -2.02. The van der Waals surface area contributed by atoms with E-state index in [1.165, 1.54) is 7.11 Å². The van der Waals surface area contributed by atoms with E-state index in [1.807, 2.05) is 35.2 Å². The molecule has 1 saturated heterocycles. The van der Waals surface area contributed by atoms with E-state index in [-0.39, 0.29) is 12.0 Å². The molecule has 1 heterocycles. The minimum atomic E-state index is -0.148. The van der Waals surface area contributed by atoms with Crippen LogP contribution in [0.2, 0.25) is 0 Å². The van der Waals surface area contributed by atoms with Crippen LogP contribution in [-0.2, 0) is 9.53 Å². The lowest BCUT2D eigenvalue weighted by Crippen LogP contribution is -2.15. The van der Waals surface area contributed by atoms with E-state index in [2.05, 4.69) is 11.2 Å². The van der Waals surface area contributed by atoms with Gasteiger partial charge in [-0.1, -0.05) is 30.3 Å². The first-order valence-electron chi connectivity index (χ1n) is 4.92. The highest BCUT2D eigenvalue weighted by atomic mass is 16.5. The molecule has 0 bridgehead atoms. The van der Waals surface area contributed by atoms with Crippen molar-refractivity contribution in [3.8, 4) is 0 Å². The Hall–Kier alpha value is -1.35. The summed E-state index contributed by atoms with van der Waals surface area (Å²) in [5.74, 6) is -0.148. The van der Waals surface area contributed by atoms with Crippen molar-refractivity contribution in [1.82, 2.24) is 4.90 Å². The summed E-state index contributed by atoms with van der Waals surface area (Å²) >= 11 is 0. The number of esters is 1. The van der Waals surface area contributed by atoms with Crippen LogP contribution in [0.25, 0.3) is 0 Å². The normalized spacial score (nSPS) is 23.5. The first-order chi connectivity index (χ1) is 7.31. The van der Waals surface area contributed by atoms with Gasteiger partial charge in [-0.05, 0) is 5.56 Å². The number of carbonyl (C=O) groups is 1. The SMILES string of the molecule is COC(=O)C1CN1C[C]c1ccccc1. The zero-order valence-corrected chi connectivity index (χ0v) is 8.64. The van der Waals surface area contributed by atoms with Crippen LogP contribution in [0.3, 0.4) is 0 Å². The van der Waals surface area contributed by atoms with Crippen molar-refractivity contribution >= 4 is 5.97 Å². The minimum absolute atomic E-state index is 0.0498. The Labute approximate surface area is 89.7 Å². The zero-order valence-electron chi connectivity index (χ0n) is 8.64. The number of ether oxygens (including phenoxy) is 1. The van der Waals surface area contributed by atoms with Gasteiger partial charge >= 0.3 is 5.97 Å². The highest BCUT2D eigenvalue weighted by Gasteiger charge is 2.40. The second kappa shape index (κ2) is 4.45. The first kappa shape index (κ1) is 10.2. The second-order valence-electron chi connectivity index (χ2n) is 3.51. The van der Waals surface area contributed by atoms with Crippen molar-refractivity contribution in [2.24, 2.45) is 0 Å². The highest BCUT2D eigenvalue weighted by molar-refractivity contribution is 5.78. The van der Waals surface area contributed by atoms with E-state index >= 15 is 0 Å². The van der Waals surface area contributed by atoms with Gasteiger partial charge in [-0.15, -0.1) is 0 Å². The molecule has 0 amide bonds. The molecule has 2 atom stereocenters. The summed E-state index contributed by atoms with van der Waals surface area (Å²) < 4.78 is 4.65. The smallest absolute Gasteiger partial charge is 0.324 e. The van der Waals surface area contributed by atoms with Crippen LogP contribution in [0, 0.1) is 6.42 Å². The minimum Gasteiger partial charge on any atom is -0.468 e. The lowest BCUT2D eigenvalue weighted by molar-refractivity contribution is -0.140. The maximum atomic E-state index is 11.1. The van der Waals surface area contributed by atoms with Gasteiger partial charge in [0.15, 0.2) is 0 Å². The molecule has 2 unspecified atom stereocenters. The summed E-state index contributed by atoms with van der Waals surface area (Å²) in [7, 11) is 1.42. The average Bonchev–Trinajstić information content (AvgIpc) is 3.06. The summed E-state index contributed by atoms with van der Waals surface area (Å²) in [6.07, 6.45) is 3.23. The summed E-state index contributed by atoms with van der Waals surface area (Å²) in [5.41, 5.74) is 1.06. The maximum Gasteiger partial charge on any atom is 0.324 e. The van der Waals surface area contributed by atoms with E-state index < -0.39 is 0 Å². The molecule has 1 aliphatic rings. The third-order valence-electron chi connectivity index (χ3n) is 2.45. The van der Waals surface area contributed by atoms with Crippen LogP contribution in [0.5, 0.6) is 0 Å². The van der Waals surface area contributed by atoms with Crippen molar-refractivity contribution in [3.05, 3.63) is 42.3 Å². The molecule has 1 aliphatic heterocycles. The largest absolute Gasteiger partial charge is 0.468 e. The molecule has 2 radical (unpaired) electrons. The molecule has 1 aromatic rings. The number of hydrogen-bond donors (Lipinski definition) is 0. The van der Waals surface area contributed by atoms with Crippen LogP contribution in [0.4, 0.5) is 0 Å². The van der Waals surface area contributed by atoms with Crippen molar-refractivity contribution in [2.45, 2.75) is 6.04 Å². The molecule has 15 heavy (non-hydrogen) atoms. The molecule has 0 aromatic heterocycles. The molecule has 3 heteroatoms. The lowest BCUT2D eigenvalue weighted by atomic mass is 10.1. The number of rotatable bonds is 4. The van der Waals surface area contributed by atoms with Gasteiger partial charge in [0.1, 0.15) is 6.04 Å². The van der Waals surface area contributed by atoms with E-state index in [4.69, 9.17) is 0 Å². The second-order valence-corrected chi connectivity index (χ2v) is 3.51. The third kappa shape index (κ3) is 2.57. The third-order valence-corrected chi connectivity index (χ3v) is 2.45. The number of benzene rings is 1. The Morgan fingerprint density at radius 2 is 2.27 bits per heavy atom. The number of methoxy groups -OCH3 is 1. The molecular formula is C12H13NO2. The quantitative estimate of drug-likeness (QED) is 0.539.